The summed E-state index contributed by atoms with van der Waals surface area (Å²) < 4.78 is 56.3. The fourth-order valence-corrected chi connectivity index (χ4v) is 14.5. The predicted molar refractivity (Wildman–Crippen MR) is 229 cm³/mol. The monoisotopic (exact) mass is 902 g/mol. The molecule has 5 saturated carbocycles. The molecule has 9 rings (SSSR count). The normalized spacial score (nSPS) is 48.7. The van der Waals surface area contributed by atoms with Gasteiger partial charge in [0.1, 0.15) is 31.0 Å². The Kier molecular flexibility index (Phi) is 13.5. The number of aliphatic hydroxyl groups excluding tert-OH is 1. The van der Waals surface area contributed by atoms with Crippen LogP contribution in [0.1, 0.15) is 138 Å². The van der Waals surface area contributed by atoms with Crippen molar-refractivity contribution < 1.29 is 67.2 Å². The molecule has 19 atom stereocenters. The Balaban J connectivity index is 0.814. The van der Waals surface area contributed by atoms with Crippen LogP contribution in [-0.2, 0) is 57.0 Å². The van der Waals surface area contributed by atoms with E-state index in [0.717, 1.165) is 57.2 Å². The number of carbonyl (C=O) groups is 3. The van der Waals surface area contributed by atoms with Crippen molar-refractivity contribution in [3.63, 3.8) is 0 Å². The van der Waals surface area contributed by atoms with Gasteiger partial charge in [-0.25, -0.2) is 4.79 Å². The lowest BCUT2D eigenvalue weighted by Gasteiger charge is -2.65. The van der Waals surface area contributed by atoms with E-state index in [-0.39, 0.29) is 60.8 Å². The molecule has 64 heavy (non-hydrogen) atoms. The number of esters is 3. The number of carbonyl (C=O) groups excluding carboxylic acids is 3. The van der Waals surface area contributed by atoms with E-state index in [1.165, 1.54) is 33.1 Å². The van der Waals surface area contributed by atoms with Gasteiger partial charge < -0.3 is 52.8 Å². The summed E-state index contributed by atoms with van der Waals surface area (Å²) in [6.45, 7) is 15.0. The quantitative estimate of drug-likeness (QED) is 0.160. The van der Waals surface area contributed by atoms with E-state index >= 15 is 0 Å². The van der Waals surface area contributed by atoms with Crippen molar-refractivity contribution in [1.82, 2.24) is 4.90 Å². The maximum Gasteiger partial charge on any atom is 0.331 e. The Morgan fingerprint density at radius 1 is 0.766 bits per heavy atom. The van der Waals surface area contributed by atoms with Gasteiger partial charge in [0, 0.05) is 63.7 Å². The van der Waals surface area contributed by atoms with Gasteiger partial charge in [0.2, 0.25) is 0 Å². The first-order valence-electron chi connectivity index (χ1n) is 24.7. The lowest BCUT2D eigenvalue weighted by molar-refractivity contribution is -0.330. The summed E-state index contributed by atoms with van der Waals surface area (Å²) in [5.74, 6) is -0.710. The largest absolute Gasteiger partial charge is 0.459 e. The summed E-state index contributed by atoms with van der Waals surface area (Å²) in [4.78, 5) is 39.5. The standard InChI is InChI=1S/C49H75NO14/c1-26-24-50(33-9-8-10-33)18-15-42(57-26)63-45-27(2)59-44(23-39(45)61-30(5)52)64-46-28(3)58-43(22-38(46)60-29(4)51)62-34-13-16-47(6)32(20-34)11-12-36-37(47)21-40(53)48(7)35(14-17-49(36,48)55)31-19-41(54)56-25-31/h19,26-28,32-40,42-46,53,55H,8-18,20-25H2,1-7H3/t26?,27-,28?,32-,34+,35-,36-,37+,38?,39+,40-,42?,43?,44+,45-,46?,47+,48+,49+/m1/s1. The van der Waals surface area contributed by atoms with Gasteiger partial charge in [0.25, 0.3) is 0 Å². The summed E-state index contributed by atoms with van der Waals surface area (Å²) in [6.07, 6.45) is 6.61. The highest BCUT2D eigenvalue weighted by molar-refractivity contribution is 5.85. The molecule has 0 spiro atoms. The van der Waals surface area contributed by atoms with Gasteiger partial charge >= 0.3 is 17.9 Å². The van der Waals surface area contributed by atoms with Gasteiger partial charge in [-0.3, -0.25) is 14.5 Å². The molecule has 2 N–H and O–H groups in total. The van der Waals surface area contributed by atoms with Crippen molar-refractivity contribution in [2.45, 2.75) is 224 Å². The summed E-state index contributed by atoms with van der Waals surface area (Å²) >= 11 is 0. The molecule has 0 amide bonds. The molecule has 4 heterocycles. The number of hydrogen-bond acceptors (Lipinski definition) is 15. The van der Waals surface area contributed by atoms with Crippen LogP contribution in [0, 0.1) is 34.5 Å². The fraction of sp³-hybridized carbons (Fsp3) is 0.898. The summed E-state index contributed by atoms with van der Waals surface area (Å²) in [6, 6.07) is 0.612. The average Bonchev–Trinajstić information content (AvgIpc) is 3.69. The number of cyclic esters (lactones) is 1. The first kappa shape index (κ1) is 46.9. The second-order valence-corrected chi connectivity index (χ2v) is 21.7. The minimum atomic E-state index is -1.03. The molecule has 0 aromatic rings. The Labute approximate surface area is 378 Å². The zero-order valence-electron chi connectivity index (χ0n) is 39.2. The molecule has 0 aromatic carbocycles. The first-order chi connectivity index (χ1) is 30.4. The van der Waals surface area contributed by atoms with Crippen LogP contribution in [-0.4, -0.2) is 138 Å². The van der Waals surface area contributed by atoms with E-state index in [2.05, 4.69) is 18.7 Å². The Morgan fingerprint density at radius 3 is 2.03 bits per heavy atom. The molecule has 0 aromatic heterocycles. The molecule has 15 nitrogen and oxygen atoms in total. The molecular formula is C49H75NO14. The number of fused-ring (bicyclic) bond motifs is 5. The van der Waals surface area contributed by atoms with E-state index in [0.29, 0.717) is 31.2 Å². The molecule has 0 radical (unpaired) electrons. The van der Waals surface area contributed by atoms with Crippen LogP contribution in [0.4, 0.5) is 0 Å². The van der Waals surface area contributed by atoms with Crippen molar-refractivity contribution in [1.29, 1.82) is 0 Å². The third-order valence-corrected chi connectivity index (χ3v) is 18.0. The van der Waals surface area contributed by atoms with E-state index < -0.39 is 84.6 Å². The van der Waals surface area contributed by atoms with Gasteiger partial charge in [0.15, 0.2) is 18.9 Å². The van der Waals surface area contributed by atoms with Crippen LogP contribution >= 0.6 is 0 Å². The minimum Gasteiger partial charge on any atom is -0.459 e. The molecule has 8 fully saturated rings. The smallest absolute Gasteiger partial charge is 0.331 e. The van der Waals surface area contributed by atoms with Gasteiger partial charge in [0.05, 0.1) is 36.1 Å². The van der Waals surface area contributed by atoms with Gasteiger partial charge in [-0.05, 0) is 120 Å². The number of rotatable bonds is 10. The molecule has 15 heteroatoms. The van der Waals surface area contributed by atoms with Crippen LogP contribution in [0.5, 0.6) is 0 Å². The van der Waals surface area contributed by atoms with Crippen molar-refractivity contribution in [2.75, 3.05) is 19.7 Å². The SMILES string of the molecule is CC(=O)OC1CC(O[C@H]2CC[C@@]3(C)[C@H](CC[C@@H]4[C@@H]3C[C@@H](O)[C@]3(C)[C@@H](C5=CC(=O)OC5)CC[C@]43O)C2)OC(C)C1O[C@H]1C[C@H](OC(C)=O)[C@H](OC2CCN(C3CCC3)CC(C)O2)[C@@H](C)O1. The molecule has 360 valence electrons. The maximum atomic E-state index is 12.7. The van der Waals surface area contributed by atoms with Crippen LogP contribution < -0.4 is 0 Å². The highest BCUT2D eigenvalue weighted by atomic mass is 16.7. The number of nitrogens with zero attached hydrogens (tertiary/aromatic N) is 1. The highest BCUT2D eigenvalue weighted by Gasteiger charge is 2.71. The predicted octanol–water partition coefficient (Wildman–Crippen LogP) is 5.49. The first-order valence-corrected chi connectivity index (χ1v) is 24.7. The number of hydrogen-bond donors (Lipinski definition) is 2. The van der Waals surface area contributed by atoms with Crippen molar-refractivity contribution >= 4 is 17.9 Å². The third kappa shape index (κ3) is 8.74. The Hall–Kier alpha value is -2.21. The molecule has 9 aliphatic rings. The number of aliphatic hydroxyl groups is 2. The Morgan fingerprint density at radius 2 is 1.42 bits per heavy atom. The molecule has 4 aliphatic heterocycles. The van der Waals surface area contributed by atoms with E-state index in [9.17, 15) is 24.6 Å². The van der Waals surface area contributed by atoms with Crippen LogP contribution in [0.2, 0.25) is 0 Å². The Bertz CT molecular complexity index is 1760. The molecular weight excluding hydrogens is 827 g/mol. The van der Waals surface area contributed by atoms with Crippen molar-refractivity contribution in [3.05, 3.63) is 11.6 Å². The second kappa shape index (κ2) is 18.4. The van der Waals surface area contributed by atoms with Crippen molar-refractivity contribution in [3.8, 4) is 0 Å². The van der Waals surface area contributed by atoms with E-state index in [4.69, 9.17) is 42.6 Å². The maximum absolute atomic E-state index is 12.7. The van der Waals surface area contributed by atoms with Gasteiger partial charge in [-0.15, -0.1) is 0 Å². The molecule has 6 unspecified atom stereocenters. The summed E-state index contributed by atoms with van der Waals surface area (Å²) in [7, 11) is 0. The number of ether oxygens (including phenoxy) is 9. The summed E-state index contributed by atoms with van der Waals surface area (Å²) in [5.41, 5.74) is -0.940. The van der Waals surface area contributed by atoms with Crippen LogP contribution in [0.15, 0.2) is 11.6 Å². The average molecular weight is 902 g/mol. The zero-order chi connectivity index (χ0) is 45.3. The van der Waals surface area contributed by atoms with Gasteiger partial charge in [-0.2, -0.15) is 0 Å². The second-order valence-electron chi connectivity index (χ2n) is 21.7. The van der Waals surface area contributed by atoms with E-state index in [1.807, 2.05) is 20.8 Å². The zero-order valence-corrected chi connectivity index (χ0v) is 39.2. The molecule has 3 saturated heterocycles. The summed E-state index contributed by atoms with van der Waals surface area (Å²) in [5, 5.41) is 24.7. The minimum absolute atomic E-state index is 0.000849. The van der Waals surface area contributed by atoms with Crippen LogP contribution in [0.3, 0.4) is 0 Å². The van der Waals surface area contributed by atoms with Gasteiger partial charge in [-0.1, -0.05) is 20.3 Å². The highest BCUT2D eigenvalue weighted by Crippen LogP contribution is 2.70. The fourth-order valence-electron chi connectivity index (χ4n) is 14.5. The lowest BCUT2D eigenvalue weighted by atomic mass is 9.42. The third-order valence-electron chi connectivity index (χ3n) is 18.0. The molecule has 5 aliphatic carbocycles. The van der Waals surface area contributed by atoms with Crippen molar-refractivity contribution in [2.24, 2.45) is 34.5 Å². The lowest BCUT2D eigenvalue weighted by Crippen LogP contribution is -2.67. The van der Waals surface area contributed by atoms with E-state index in [1.54, 1.807) is 6.08 Å². The topological polar surface area (TPSA) is 178 Å². The van der Waals surface area contributed by atoms with Crippen LogP contribution in [0.25, 0.3) is 0 Å². The molecule has 0 bridgehead atoms.